The van der Waals surface area contributed by atoms with Crippen molar-refractivity contribution >= 4 is 5.91 Å². The summed E-state index contributed by atoms with van der Waals surface area (Å²) in [5, 5.41) is 9.34. The number of carbonyl (C=O) groups is 1. The Balaban J connectivity index is 2.69. The molecule has 2 atom stereocenters. The molecular formula is C9H15F3N2O2. The van der Waals surface area contributed by atoms with E-state index in [1.807, 2.05) is 0 Å². The molecule has 0 saturated carbocycles. The number of carbonyl (C=O) groups excluding carboxylic acids is 1. The number of nitrogens with two attached hydrogens (primary N) is 1. The zero-order chi connectivity index (χ0) is 12.6. The Labute approximate surface area is 91.2 Å². The molecule has 0 aromatic heterocycles. The zero-order valence-corrected chi connectivity index (χ0v) is 8.92. The van der Waals surface area contributed by atoms with Crippen molar-refractivity contribution in [3.05, 3.63) is 0 Å². The second-order valence-corrected chi connectivity index (χ2v) is 4.05. The van der Waals surface area contributed by atoms with Gasteiger partial charge in [0.25, 0.3) is 0 Å². The van der Waals surface area contributed by atoms with Crippen molar-refractivity contribution in [3.8, 4) is 0 Å². The molecule has 3 N–H and O–H groups in total. The lowest BCUT2D eigenvalue weighted by molar-refractivity contribution is -0.253. The van der Waals surface area contributed by atoms with E-state index in [9.17, 15) is 23.1 Å². The highest BCUT2D eigenvalue weighted by Gasteiger charge is 2.57. The summed E-state index contributed by atoms with van der Waals surface area (Å²) < 4.78 is 37.3. The molecule has 0 bridgehead atoms. The number of nitrogens with zero attached hydrogens (tertiary/aromatic N) is 1. The summed E-state index contributed by atoms with van der Waals surface area (Å²) in [4.78, 5) is 12.5. The summed E-state index contributed by atoms with van der Waals surface area (Å²) in [5.74, 6) is -0.539. The van der Waals surface area contributed by atoms with Crippen LogP contribution in [0, 0.1) is 0 Å². The Morgan fingerprint density at radius 3 is 2.56 bits per heavy atom. The van der Waals surface area contributed by atoms with Gasteiger partial charge < -0.3 is 15.7 Å². The van der Waals surface area contributed by atoms with Crippen LogP contribution < -0.4 is 5.73 Å². The highest BCUT2D eigenvalue weighted by atomic mass is 19.4. The van der Waals surface area contributed by atoms with Crippen LogP contribution in [0.3, 0.4) is 0 Å². The number of halogens is 3. The second-order valence-electron chi connectivity index (χ2n) is 4.05. The highest BCUT2D eigenvalue weighted by Crippen LogP contribution is 2.37. The van der Waals surface area contributed by atoms with Crippen LogP contribution in [0.15, 0.2) is 0 Å². The van der Waals surface area contributed by atoms with Gasteiger partial charge in [0.05, 0.1) is 12.6 Å². The standard InChI is InChI=1S/C9H15F3N2O2/c1-2-6(13)7(15)14-4-3-8(16,5-14)9(10,11)12/h6,16H,2-5,13H2,1H3/t6-,8?/m0/s1. The van der Waals surface area contributed by atoms with Crippen molar-refractivity contribution in [3.63, 3.8) is 0 Å². The van der Waals surface area contributed by atoms with Gasteiger partial charge in [-0.15, -0.1) is 0 Å². The Hall–Kier alpha value is -0.820. The Bertz CT molecular complexity index is 282. The summed E-state index contributed by atoms with van der Waals surface area (Å²) in [6, 6.07) is -0.796. The predicted molar refractivity (Wildman–Crippen MR) is 50.5 cm³/mol. The van der Waals surface area contributed by atoms with Crippen molar-refractivity contribution in [2.24, 2.45) is 5.73 Å². The SMILES string of the molecule is CC[C@H](N)C(=O)N1CCC(O)(C(F)(F)F)C1. The van der Waals surface area contributed by atoms with E-state index >= 15 is 0 Å². The van der Waals surface area contributed by atoms with E-state index in [2.05, 4.69) is 0 Å². The van der Waals surface area contributed by atoms with E-state index in [1.165, 1.54) is 0 Å². The maximum absolute atomic E-state index is 12.4. The first-order valence-corrected chi connectivity index (χ1v) is 5.05. The topological polar surface area (TPSA) is 66.6 Å². The fourth-order valence-electron chi connectivity index (χ4n) is 1.62. The van der Waals surface area contributed by atoms with Crippen LogP contribution in [0.2, 0.25) is 0 Å². The van der Waals surface area contributed by atoms with Gasteiger partial charge >= 0.3 is 6.18 Å². The van der Waals surface area contributed by atoms with Gasteiger partial charge in [-0.25, -0.2) is 0 Å². The summed E-state index contributed by atoms with van der Waals surface area (Å²) in [6.07, 6.45) is -4.84. The monoisotopic (exact) mass is 240 g/mol. The molecule has 0 aromatic rings. The van der Waals surface area contributed by atoms with Gasteiger partial charge in [-0.1, -0.05) is 6.92 Å². The van der Waals surface area contributed by atoms with Crippen LogP contribution in [-0.2, 0) is 4.79 Å². The fourth-order valence-corrected chi connectivity index (χ4v) is 1.62. The lowest BCUT2D eigenvalue weighted by Gasteiger charge is -2.26. The third kappa shape index (κ3) is 2.30. The molecule has 1 amide bonds. The zero-order valence-electron chi connectivity index (χ0n) is 8.92. The first kappa shape index (κ1) is 13.2. The number of aliphatic hydroxyl groups is 1. The molecular weight excluding hydrogens is 225 g/mol. The third-order valence-corrected chi connectivity index (χ3v) is 2.84. The van der Waals surface area contributed by atoms with Crippen LogP contribution in [0.1, 0.15) is 19.8 Å². The van der Waals surface area contributed by atoms with Gasteiger partial charge in [-0.3, -0.25) is 4.79 Å². The second kappa shape index (κ2) is 4.21. The molecule has 1 aliphatic heterocycles. The molecule has 1 heterocycles. The minimum absolute atomic E-state index is 0.109. The first-order chi connectivity index (χ1) is 7.21. The lowest BCUT2D eigenvalue weighted by atomic mass is 10.0. The number of likely N-dealkylation sites (tertiary alicyclic amines) is 1. The molecule has 94 valence electrons. The minimum atomic E-state index is -4.71. The van der Waals surface area contributed by atoms with Crippen molar-refractivity contribution in [2.45, 2.75) is 37.6 Å². The maximum atomic E-state index is 12.4. The van der Waals surface area contributed by atoms with Crippen molar-refractivity contribution in [1.29, 1.82) is 0 Å². The quantitative estimate of drug-likeness (QED) is 0.727. The van der Waals surface area contributed by atoms with Crippen molar-refractivity contribution in [1.82, 2.24) is 4.90 Å². The third-order valence-electron chi connectivity index (χ3n) is 2.84. The van der Waals surface area contributed by atoms with Crippen LogP contribution >= 0.6 is 0 Å². The number of alkyl halides is 3. The maximum Gasteiger partial charge on any atom is 0.419 e. The molecule has 4 nitrogen and oxygen atoms in total. The number of β-amino-alcohol motifs (C(OH)–C–C–N with tert-alkyl or cyclic N) is 1. The van der Waals surface area contributed by atoms with Gasteiger partial charge in [0, 0.05) is 13.0 Å². The predicted octanol–water partition coefficient (Wildman–Crippen LogP) is 0.249. The van der Waals surface area contributed by atoms with E-state index in [4.69, 9.17) is 5.73 Å². The smallest absolute Gasteiger partial charge is 0.379 e. The van der Waals surface area contributed by atoms with E-state index in [-0.39, 0.29) is 6.54 Å². The summed E-state index contributed by atoms with van der Waals surface area (Å²) in [6.45, 7) is 0.847. The van der Waals surface area contributed by atoms with E-state index in [1.54, 1.807) is 6.92 Å². The molecule has 0 aromatic carbocycles. The molecule has 1 fully saturated rings. The molecule has 1 saturated heterocycles. The van der Waals surface area contributed by atoms with E-state index in [0.29, 0.717) is 6.42 Å². The van der Waals surface area contributed by atoms with Crippen molar-refractivity contribution in [2.75, 3.05) is 13.1 Å². The Kier molecular flexibility index (Phi) is 3.49. The highest BCUT2D eigenvalue weighted by molar-refractivity contribution is 5.82. The molecule has 0 radical (unpaired) electrons. The molecule has 1 rings (SSSR count). The van der Waals surface area contributed by atoms with E-state index < -0.39 is 36.7 Å². The number of hydrogen-bond acceptors (Lipinski definition) is 3. The lowest BCUT2D eigenvalue weighted by Crippen LogP contribution is -2.50. The van der Waals surface area contributed by atoms with Crippen LogP contribution in [0.5, 0.6) is 0 Å². The molecule has 1 unspecified atom stereocenters. The van der Waals surface area contributed by atoms with E-state index in [0.717, 1.165) is 4.90 Å². The van der Waals surface area contributed by atoms with Crippen LogP contribution in [0.25, 0.3) is 0 Å². The molecule has 1 aliphatic rings. The number of amides is 1. The molecule has 7 heteroatoms. The Morgan fingerprint density at radius 2 is 2.19 bits per heavy atom. The Morgan fingerprint density at radius 1 is 1.62 bits per heavy atom. The molecule has 16 heavy (non-hydrogen) atoms. The average molecular weight is 240 g/mol. The van der Waals surface area contributed by atoms with Gasteiger partial charge in [0.2, 0.25) is 5.91 Å². The summed E-state index contributed by atoms with van der Waals surface area (Å²) in [7, 11) is 0. The fraction of sp³-hybridized carbons (Fsp3) is 0.889. The normalized spacial score (nSPS) is 28.2. The number of rotatable bonds is 2. The van der Waals surface area contributed by atoms with Crippen molar-refractivity contribution < 1.29 is 23.1 Å². The van der Waals surface area contributed by atoms with Crippen LogP contribution in [-0.4, -0.2) is 46.8 Å². The number of hydrogen-bond donors (Lipinski definition) is 2. The van der Waals surface area contributed by atoms with Gasteiger partial charge in [0.1, 0.15) is 0 Å². The van der Waals surface area contributed by atoms with Crippen LogP contribution in [0.4, 0.5) is 13.2 Å². The molecule has 0 aliphatic carbocycles. The summed E-state index contributed by atoms with van der Waals surface area (Å²) >= 11 is 0. The average Bonchev–Trinajstić information content (AvgIpc) is 2.59. The minimum Gasteiger partial charge on any atom is -0.379 e. The van der Waals surface area contributed by atoms with Gasteiger partial charge in [0.15, 0.2) is 5.60 Å². The molecule has 0 spiro atoms. The van der Waals surface area contributed by atoms with Gasteiger partial charge in [-0.05, 0) is 6.42 Å². The van der Waals surface area contributed by atoms with Gasteiger partial charge in [-0.2, -0.15) is 13.2 Å². The first-order valence-electron chi connectivity index (χ1n) is 5.05. The summed E-state index contributed by atoms with van der Waals surface area (Å²) in [5.41, 5.74) is 2.66. The largest absolute Gasteiger partial charge is 0.419 e.